The van der Waals surface area contributed by atoms with Crippen LogP contribution in [-0.2, 0) is 0 Å². The number of halogens is 1. The Balaban J connectivity index is 2.18. The molecule has 88 valence electrons. The molecule has 1 aliphatic rings. The summed E-state index contributed by atoms with van der Waals surface area (Å²) < 4.78 is 0.598. The van der Waals surface area contributed by atoms with Gasteiger partial charge < -0.3 is 4.98 Å². The van der Waals surface area contributed by atoms with Crippen LogP contribution in [0.5, 0.6) is 0 Å². The lowest BCUT2D eigenvalue weighted by Gasteiger charge is -2.07. The zero-order chi connectivity index (χ0) is 11.8. The van der Waals surface area contributed by atoms with E-state index in [2.05, 4.69) is 35.9 Å². The van der Waals surface area contributed by atoms with E-state index in [1.165, 1.54) is 19.0 Å². The summed E-state index contributed by atoms with van der Waals surface area (Å²) in [5, 5.41) is 0. The highest BCUT2D eigenvalue weighted by molar-refractivity contribution is 9.10. The summed E-state index contributed by atoms with van der Waals surface area (Å²) in [4.78, 5) is 27.3. The molecule has 17 heavy (non-hydrogen) atoms. The van der Waals surface area contributed by atoms with Gasteiger partial charge in [0.25, 0.3) is 5.56 Å². The third kappa shape index (κ3) is 1.97. The SMILES string of the molecule is O=c1[nH]c(C2CCCC2)nc2nc(Br)cnc12. The van der Waals surface area contributed by atoms with Crippen LogP contribution in [0.4, 0.5) is 0 Å². The van der Waals surface area contributed by atoms with Crippen molar-refractivity contribution in [3.8, 4) is 0 Å². The molecular weight excluding hydrogens is 284 g/mol. The molecule has 6 heteroatoms. The van der Waals surface area contributed by atoms with Gasteiger partial charge in [0.05, 0.1) is 6.20 Å². The highest BCUT2D eigenvalue weighted by Gasteiger charge is 2.20. The Kier molecular flexibility index (Phi) is 2.66. The van der Waals surface area contributed by atoms with Crippen molar-refractivity contribution < 1.29 is 0 Å². The Morgan fingerprint density at radius 2 is 2.06 bits per heavy atom. The molecule has 0 atom stereocenters. The van der Waals surface area contributed by atoms with Crippen LogP contribution in [0.15, 0.2) is 15.6 Å². The highest BCUT2D eigenvalue weighted by Crippen LogP contribution is 2.31. The van der Waals surface area contributed by atoms with Crippen LogP contribution in [0.3, 0.4) is 0 Å². The standard InChI is InChI=1S/C11H11BrN4O/c12-7-5-13-8-10(14-7)15-9(16-11(8)17)6-3-1-2-4-6/h5-6H,1-4H2,(H,14,15,16,17). The molecular formula is C11H11BrN4O. The third-order valence-corrected chi connectivity index (χ3v) is 3.53. The number of rotatable bonds is 1. The van der Waals surface area contributed by atoms with Crippen molar-refractivity contribution in [2.75, 3.05) is 0 Å². The first kappa shape index (κ1) is 10.8. The van der Waals surface area contributed by atoms with E-state index in [0.29, 0.717) is 21.7 Å². The Hall–Kier alpha value is -1.30. The molecule has 0 bridgehead atoms. The molecule has 0 saturated heterocycles. The van der Waals surface area contributed by atoms with Gasteiger partial charge in [0.2, 0.25) is 0 Å². The largest absolute Gasteiger partial charge is 0.308 e. The van der Waals surface area contributed by atoms with E-state index in [9.17, 15) is 4.79 Å². The van der Waals surface area contributed by atoms with Gasteiger partial charge in [-0.2, -0.15) is 0 Å². The van der Waals surface area contributed by atoms with Crippen molar-refractivity contribution in [2.45, 2.75) is 31.6 Å². The van der Waals surface area contributed by atoms with Gasteiger partial charge in [-0.1, -0.05) is 12.8 Å². The first-order chi connectivity index (χ1) is 8.24. The second kappa shape index (κ2) is 4.18. The summed E-state index contributed by atoms with van der Waals surface area (Å²) in [6.45, 7) is 0. The molecule has 3 rings (SSSR count). The van der Waals surface area contributed by atoms with Gasteiger partial charge in [0.1, 0.15) is 10.4 Å². The zero-order valence-corrected chi connectivity index (χ0v) is 10.7. The molecule has 1 aliphatic carbocycles. The second-order valence-electron chi connectivity index (χ2n) is 4.30. The molecule has 0 radical (unpaired) electrons. The molecule has 2 heterocycles. The Bertz CT molecular complexity index is 618. The number of aromatic amines is 1. The van der Waals surface area contributed by atoms with E-state index in [1.54, 1.807) is 0 Å². The van der Waals surface area contributed by atoms with Gasteiger partial charge in [-0.25, -0.2) is 15.0 Å². The number of H-pyrrole nitrogens is 1. The average molecular weight is 295 g/mol. The predicted molar refractivity (Wildman–Crippen MR) is 66.9 cm³/mol. The molecule has 0 unspecified atom stereocenters. The van der Waals surface area contributed by atoms with Gasteiger partial charge in [-0.15, -0.1) is 0 Å². The summed E-state index contributed by atoms with van der Waals surface area (Å²) in [6.07, 6.45) is 6.10. The lowest BCUT2D eigenvalue weighted by Crippen LogP contribution is -2.15. The van der Waals surface area contributed by atoms with Crippen molar-refractivity contribution in [1.29, 1.82) is 0 Å². The third-order valence-electron chi connectivity index (χ3n) is 3.15. The van der Waals surface area contributed by atoms with E-state index in [-0.39, 0.29) is 5.56 Å². The van der Waals surface area contributed by atoms with Crippen LogP contribution in [0, 0.1) is 0 Å². The fourth-order valence-electron chi connectivity index (χ4n) is 2.31. The number of nitrogens with zero attached hydrogens (tertiary/aromatic N) is 3. The first-order valence-corrected chi connectivity index (χ1v) is 6.46. The van der Waals surface area contributed by atoms with Crippen molar-refractivity contribution in [1.82, 2.24) is 19.9 Å². The summed E-state index contributed by atoms with van der Waals surface area (Å²) in [5.74, 6) is 1.13. The lowest BCUT2D eigenvalue weighted by molar-refractivity contribution is 0.667. The quantitative estimate of drug-likeness (QED) is 0.875. The summed E-state index contributed by atoms with van der Waals surface area (Å²) in [5.41, 5.74) is 0.525. The number of nitrogens with one attached hydrogen (secondary N) is 1. The fourth-order valence-corrected chi connectivity index (χ4v) is 2.58. The fraction of sp³-hybridized carbons (Fsp3) is 0.455. The van der Waals surface area contributed by atoms with Gasteiger partial charge >= 0.3 is 0 Å². The maximum absolute atomic E-state index is 11.9. The molecule has 5 nitrogen and oxygen atoms in total. The molecule has 2 aromatic heterocycles. The molecule has 0 aromatic carbocycles. The lowest BCUT2D eigenvalue weighted by atomic mass is 10.1. The van der Waals surface area contributed by atoms with Gasteiger partial charge in [0, 0.05) is 5.92 Å². The summed E-state index contributed by atoms with van der Waals surface area (Å²) in [6, 6.07) is 0. The van der Waals surface area contributed by atoms with Crippen LogP contribution >= 0.6 is 15.9 Å². The van der Waals surface area contributed by atoms with Crippen molar-refractivity contribution in [3.05, 3.63) is 27.0 Å². The van der Waals surface area contributed by atoms with Crippen molar-refractivity contribution in [2.24, 2.45) is 0 Å². The molecule has 0 amide bonds. The van der Waals surface area contributed by atoms with E-state index in [0.717, 1.165) is 18.7 Å². The number of aromatic nitrogens is 4. The maximum atomic E-state index is 11.9. The monoisotopic (exact) mass is 294 g/mol. The van der Waals surface area contributed by atoms with E-state index < -0.39 is 0 Å². The minimum Gasteiger partial charge on any atom is -0.308 e. The van der Waals surface area contributed by atoms with Crippen molar-refractivity contribution in [3.63, 3.8) is 0 Å². The minimum atomic E-state index is -0.197. The zero-order valence-electron chi connectivity index (χ0n) is 9.11. The van der Waals surface area contributed by atoms with Crippen LogP contribution in [0.2, 0.25) is 0 Å². The summed E-state index contributed by atoms with van der Waals surface area (Å²) >= 11 is 3.24. The van der Waals surface area contributed by atoms with Crippen LogP contribution < -0.4 is 5.56 Å². The normalized spacial score (nSPS) is 16.8. The van der Waals surface area contributed by atoms with Crippen LogP contribution in [0.1, 0.15) is 37.4 Å². The summed E-state index contributed by atoms with van der Waals surface area (Å²) in [7, 11) is 0. The predicted octanol–water partition coefficient (Wildman–Crippen LogP) is 2.13. The van der Waals surface area contributed by atoms with Crippen LogP contribution in [-0.4, -0.2) is 19.9 Å². The molecule has 2 aromatic rings. The van der Waals surface area contributed by atoms with Gasteiger partial charge in [-0.3, -0.25) is 4.79 Å². The Labute approximate surface area is 106 Å². The number of fused-ring (bicyclic) bond motifs is 1. The first-order valence-electron chi connectivity index (χ1n) is 5.66. The van der Waals surface area contributed by atoms with Gasteiger partial charge in [-0.05, 0) is 28.8 Å². The Morgan fingerprint density at radius 1 is 1.29 bits per heavy atom. The second-order valence-corrected chi connectivity index (χ2v) is 5.11. The molecule has 0 spiro atoms. The van der Waals surface area contributed by atoms with E-state index >= 15 is 0 Å². The van der Waals surface area contributed by atoms with E-state index in [1.807, 2.05) is 0 Å². The maximum Gasteiger partial charge on any atom is 0.279 e. The molecule has 1 fully saturated rings. The molecule has 0 aliphatic heterocycles. The molecule has 1 N–H and O–H groups in total. The van der Waals surface area contributed by atoms with E-state index in [4.69, 9.17) is 0 Å². The molecule has 1 saturated carbocycles. The smallest absolute Gasteiger partial charge is 0.279 e. The number of hydrogen-bond donors (Lipinski definition) is 1. The topological polar surface area (TPSA) is 71.5 Å². The van der Waals surface area contributed by atoms with Crippen molar-refractivity contribution >= 4 is 27.1 Å². The minimum absolute atomic E-state index is 0.197. The van der Waals surface area contributed by atoms with Crippen LogP contribution in [0.25, 0.3) is 11.2 Å². The highest BCUT2D eigenvalue weighted by atomic mass is 79.9. The Morgan fingerprint density at radius 3 is 2.82 bits per heavy atom. The number of hydrogen-bond acceptors (Lipinski definition) is 4. The average Bonchev–Trinajstić information content (AvgIpc) is 2.81. The van der Waals surface area contributed by atoms with Gasteiger partial charge in [0.15, 0.2) is 11.2 Å².